The Bertz CT molecular complexity index is 634. The van der Waals surface area contributed by atoms with E-state index in [1.54, 1.807) is 6.92 Å². The second kappa shape index (κ2) is 5.42. The number of hydrogen-bond donors (Lipinski definition) is 2. The quantitative estimate of drug-likeness (QED) is 0.850. The first-order chi connectivity index (χ1) is 9.25. The fourth-order valence-corrected chi connectivity index (χ4v) is 4.29. The minimum absolute atomic E-state index is 0.0199. The van der Waals surface area contributed by atoms with Gasteiger partial charge in [-0.3, -0.25) is 9.78 Å². The first kappa shape index (κ1) is 15.4. The molecule has 1 aliphatic carbocycles. The normalized spacial score (nSPS) is 26.6. The van der Waals surface area contributed by atoms with E-state index < -0.39 is 27.4 Å². The number of nitrogens with zero attached hydrogens (tertiary/aromatic N) is 1. The molecule has 0 spiro atoms. The monoisotopic (exact) mass is 362 g/mol. The number of hydrogen-bond acceptors (Lipinski definition) is 4. The molecular weight excluding hydrogens is 348 g/mol. The third-order valence-corrected chi connectivity index (χ3v) is 5.61. The van der Waals surface area contributed by atoms with Crippen molar-refractivity contribution in [2.45, 2.75) is 37.1 Å². The molecule has 20 heavy (non-hydrogen) atoms. The lowest BCUT2D eigenvalue weighted by molar-refractivity contribution is -0.148. The summed E-state index contributed by atoms with van der Waals surface area (Å²) in [4.78, 5) is 15.2. The zero-order valence-corrected chi connectivity index (χ0v) is 13.2. The molecule has 0 aliphatic heterocycles. The predicted octanol–water partition coefficient (Wildman–Crippen LogP) is 1.77. The molecule has 1 aliphatic rings. The number of pyridine rings is 1. The van der Waals surface area contributed by atoms with Crippen LogP contribution in [0.3, 0.4) is 0 Å². The summed E-state index contributed by atoms with van der Waals surface area (Å²) in [5.74, 6) is -0.977. The van der Waals surface area contributed by atoms with E-state index in [0.29, 0.717) is 23.7 Å². The third-order valence-electron chi connectivity index (χ3n) is 3.73. The first-order valence-electron chi connectivity index (χ1n) is 6.12. The minimum Gasteiger partial charge on any atom is -0.481 e. The summed E-state index contributed by atoms with van der Waals surface area (Å²) >= 11 is 3.16. The highest BCUT2D eigenvalue weighted by atomic mass is 79.9. The van der Waals surface area contributed by atoms with Crippen molar-refractivity contribution >= 4 is 31.9 Å². The summed E-state index contributed by atoms with van der Waals surface area (Å²) in [5, 5.41) is 9.30. The summed E-state index contributed by atoms with van der Waals surface area (Å²) < 4.78 is 27.6. The smallest absolute Gasteiger partial charge is 0.310 e. The van der Waals surface area contributed by atoms with E-state index >= 15 is 0 Å². The molecule has 110 valence electrons. The van der Waals surface area contributed by atoms with Gasteiger partial charge in [-0.2, -0.15) is 0 Å². The number of aromatic nitrogens is 1. The Kier molecular flexibility index (Phi) is 4.17. The molecule has 0 amide bonds. The Morgan fingerprint density at radius 3 is 2.85 bits per heavy atom. The third kappa shape index (κ3) is 2.87. The van der Waals surface area contributed by atoms with Gasteiger partial charge in [0.25, 0.3) is 0 Å². The summed E-state index contributed by atoms with van der Waals surface area (Å²) in [7, 11) is -3.78. The average Bonchev–Trinajstić information content (AvgIpc) is 2.72. The largest absolute Gasteiger partial charge is 0.481 e. The highest BCUT2D eigenvalue weighted by Gasteiger charge is 2.46. The van der Waals surface area contributed by atoms with Crippen molar-refractivity contribution in [2.24, 2.45) is 5.41 Å². The van der Waals surface area contributed by atoms with Gasteiger partial charge in [0, 0.05) is 22.9 Å². The van der Waals surface area contributed by atoms with Gasteiger partial charge >= 0.3 is 5.97 Å². The van der Waals surface area contributed by atoms with E-state index in [-0.39, 0.29) is 4.90 Å². The first-order valence-corrected chi connectivity index (χ1v) is 8.39. The summed E-state index contributed by atoms with van der Waals surface area (Å²) in [6.07, 6.45) is 4.39. The maximum Gasteiger partial charge on any atom is 0.310 e. The van der Waals surface area contributed by atoms with Gasteiger partial charge in [-0.15, -0.1) is 0 Å². The van der Waals surface area contributed by atoms with E-state index in [0.717, 1.165) is 0 Å². The van der Waals surface area contributed by atoms with Crippen LogP contribution >= 0.6 is 15.9 Å². The molecule has 2 rings (SSSR count). The van der Waals surface area contributed by atoms with Gasteiger partial charge in [-0.1, -0.05) is 6.42 Å². The predicted molar refractivity (Wildman–Crippen MR) is 75.6 cm³/mol. The fraction of sp³-hybridized carbons (Fsp3) is 0.500. The molecule has 2 atom stereocenters. The molecule has 1 aromatic heterocycles. The molecule has 0 bridgehead atoms. The summed E-state index contributed by atoms with van der Waals surface area (Å²) in [6, 6.07) is 0.826. The van der Waals surface area contributed by atoms with E-state index in [2.05, 4.69) is 25.6 Å². The Balaban J connectivity index is 2.27. The molecule has 6 nitrogen and oxygen atoms in total. The van der Waals surface area contributed by atoms with Crippen LogP contribution in [0.25, 0.3) is 0 Å². The number of rotatable bonds is 4. The van der Waals surface area contributed by atoms with E-state index in [9.17, 15) is 18.3 Å². The van der Waals surface area contributed by atoms with Crippen LogP contribution in [0.5, 0.6) is 0 Å². The van der Waals surface area contributed by atoms with Crippen molar-refractivity contribution in [1.82, 2.24) is 9.71 Å². The van der Waals surface area contributed by atoms with Crippen molar-refractivity contribution in [3.8, 4) is 0 Å². The van der Waals surface area contributed by atoms with Crippen molar-refractivity contribution < 1.29 is 18.3 Å². The standard InChI is InChI=1S/C12H15BrN2O4S/c1-12(11(16)17)4-2-3-10(12)15-20(18,19)9-5-8(13)6-14-7-9/h5-7,10,15H,2-4H2,1H3,(H,16,17). The fourth-order valence-electron chi connectivity index (χ4n) is 2.41. The second-order valence-corrected chi connectivity index (χ2v) is 7.76. The highest BCUT2D eigenvalue weighted by Crippen LogP contribution is 2.38. The Morgan fingerprint density at radius 1 is 1.55 bits per heavy atom. The molecule has 0 radical (unpaired) electrons. The van der Waals surface area contributed by atoms with Gasteiger partial charge in [0.1, 0.15) is 4.90 Å². The van der Waals surface area contributed by atoms with Crippen molar-refractivity contribution in [1.29, 1.82) is 0 Å². The van der Waals surface area contributed by atoms with E-state index in [1.807, 2.05) is 0 Å². The molecule has 0 saturated heterocycles. The van der Waals surface area contributed by atoms with E-state index in [1.165, 1.54) is 18.5 Å². The van der Waals surface area contributed by atoms with Crippen molar-refractivity contribution in [2.75, 3.05) is 0 Å². The Labute approximate surface area is 125 Å². The van der Waals surface area contributed by atoms with Crippen LogP contribution < -0.4 is 4.72 Å². The van der Waals surface area contributed by atoms with Crippen LogP contribution in [0.2, 0.25) is 0 Å². The zero-order chi connectivity index (χ0) is 15.0. The molecule has 1 aromatic rings. The van der Waals surface area contributed by atoms with Crippen molar-refractivity contribution in [3.63, 3.8) is 0 Å². The number of sulfonamides is 1. The molecule has 0 aromatic carbocycles. The van der Waals surface area contributed by atoms with Gasteiger partial charge in [-0.05, 0) is 41.8 Å². The lowest BCUT2D eigenvalue weighted by Crippen LogP contribution is -2.46. The van der Waals surface area contributed by atoms with Gasteiger partial charge in [-0.25, -0.2) is 13.1 Å². The molecule has 1 saturated carbocycles. The van der Waals surface area contributed by atoms with Crippen LogP contribution in [-0.4, -0.2) is 30.5 Å². The van der Waals surface area contributed by atoms with Crippen LogP contribution in [0.1, 0.15) is 26.2 Å². The lowest BCUT2D eigenvalue weighted by atomic mass is 9.85. The van der Waals surface area contributed by atoms with Gasteiger partial charge in [0.05, 0.1) is 5.41 Å². The van der Waals surface area contributed by atoms with Crippen molar-refractivity contribution in [3.05, 3.63) is 22.9 Å². The number of halogens is 1. The molecule has 1 heterocycles. The molecule has 8 heteroatoms. The molecule has 2 N–H and O–H groups in total. The molecular formula is C12H15BrN2O4S. The number of nitrogens with one attached hydrogen (secondary N) is 1. The SMILES string of the molecule is CC1(C(=O)O)CCCC1NS(=O)(=O)c1cncc(Br)c1. The van der Waals surface area contributed by atoms with E-state index in [4.69, 9.17) is 0 Å². The van der Waals surface area contributed by atoms with Gasteiger partial charge < -0.3 is 5.11 Å². The Hall–Kier alpha value is -0.990. The van der Waals surface area contributed by atoms with Crippen LogP contribution in [-0.2, 0) is 14.8 Å². The van der Waals surface area contributed by atoms with Crippen LogP contribution in [0.15, 0.2) is 27.8 Å². The van der Waals surface area contributed by atoms with Crippen LogP contribution in [0, 0.1) is 5.41 Å². The number of aliphatic carboxylic acids is 1. The minimum atomic E-state index is -3.78. The van der Waals surface area contributed by atoms with Gasteiger partial charge in [0.2, 0.25) is 10.0 Å². The topological polar surface area (TPSA) is 96.4 Å². The average molecular weight is 363 g/mol. The Morgan fingerprint density at radius 2 is 2.25 bits per heavy atom. The molecule has 1 fully saturated rings. The summed E-state index contributed by atoms with van der Waals surface area (Å²) in [5.41, 5.74) is -1.06. The summed E-state index contributed by atoms with van der Waals surface area (Å²) in [6.45, 7) is 1.58. The maximum atomic E-state index is 12.3. The second-order valence-electron chi connectivity index (χ2n) is 5.13. The number of carboxylic acids is 1. The van der Waals surface area contributed by atoms with Gasteiger partial charge in [0.15, 0.2) is 0 Å². The lowest BCUT2D eigenvalue weighted by Gasteiger charge is -2.27. The highest BCUT2D eigenvalue weighted by molar-refractivity contribution is 9.10. The number of carboxylic acid groups (broad SMARTS) is 1. The van der Waals surface area contributed by atoms with Crippen LogP contribution in [0.4, 0.5) is 0 Å². The number of carbonyl (C=O) groups is 1. The maximum absolute atomic E-state index is 12.3. The molecule has 2 unspecified atom stereocenters. The zero-order valence-electron chi connectivity index (χ0n) is 10.8.